The SMILES string of the molecule is Cc1cccc(OC(C)C(=O)N2CCCCC2c2nc3ccccc3s2)c1. The van der Waals surface area contributed by atoms with Crippen molar-refractivity contribution in [2.45, 2.75) is 45.3 Å². The second kappa shape index (κ2) is 7.69. The van der Waals surface area contributed by atoms with Crippen LogP contribution in [0.4, 0.5) is 0 Å². The molecule has 1 fully saturated rings. The van der Waals surface area contributed by atoms with Gasteiger partial charge in [0.2, 0.25) is 0 Å². The van der Waals surface area contributed by atoms with Crippen molar-refractivity contribution in [1.82, 2.24) is 9.88 Å². The van der Waals surface area contributed by atoms with E-state index in [0.29, 0.717) is 0 Å². The molecule has 4 nitrogen and oxygen atoms in total. The number of likely N-dealkylation sites (tertiary alicyclic amines) is 1. The minimum atomic E-state index is -0.512. The lowest BCUT2D eigenvalue weighted by atomic mass is 10.0. The second-order valence-electron chi connectivity index (χ2n) is 7.14. The summed E-state index contributed by atoms with van der Waals surface area (Å²) in [6, 6.07) is 16.1. The molecule has 3 aromatic rings. The van der Waals surface area contributed by atoms with E-state index in [-0.39, 0.29) is 11.9 Å². The van der Waals surface area contributed by atoms with E-state index in [1.807, 2.05) is 61.2 Å². The molecule has 2 unspecified atom stereocenters. The summed E-state index contributed by atoms with van der Waals surface area (Å²) in [6.07, 6.45) is 2.60. The molecule has 0 saturated carbocycles. The Morgan fingerprint density at radius 2 is 2.07 bits per heavy atom. The predicted molar refractivity (Wildman–Crippen MR) is 109 cm³/mol. The van der Waals surface area contributed by atoms with Gasteiger partial charge in [0.05, 0.1) is 16.3 Å². The van der Waals surface area contributed by atoms with Crippen molar-refractivity contribution in [3.05, 3.63) is 59.1 Å². The van der Waals surface area contributed by atoms with Crippen LogP contribution in [0, 0.1) is 6.92 Å². The van der Waals surface area contributed by atoms with Crippen LogP contribution in [0.2, 0.25) is 0 Å². The number of amides is 1. The minimum absolute atomic E-state index is 0.0421. The van der Waals surface area contributed by atoms with E-state index in [9.17, 15) is 4.79 Å². The topological polar surface area (TPSA) is 42.4 Å². The molecule has 27 heavy (non-hydrogen) atoms. The van der Waals surface area contributed by atoms with Crippen molar-refractivity contribution in [3.8, 4) is 5.75 Å². The van der Waals surface area contributed by atoms with Crippen LogP contribution >= 0.6 is 11.3 Å². The van der Waals surface area contributed by atoms with Crippen LogP contribution in [-0.4, -0.2) is 28.4 Å². The summed E-state index contributed by atoms with van der Waals surface area (Å²) in [7, 11) is 0. The highest BCUT2D eigenvalue weighted by atomic mass is 32.1. The molecule has 1 aliphatic heterocycles. The minimum Gasteiger partial charge on any atom is -0.481 e. The standard InChI is InChI=1S/C22H24N2O2S/c1-15-8-7-9-17(14-15)26-16(2)22(25)24-13-6-5-11-19(24)21-23-18-10-3-4-12-20(18)27-21/h3-4,7-10,12,14,16,19H,5-6,11,13H2,1-2H3. The lowest BCUT2D eigenvalue weighted by Gasteiger charge is -2.36. The monoisotopic (exact) mass is 380 g/mol. The lowest BCUT2D eigenvalue weighted by molar-refractivity contribution is -0.142. The van der Waals surface area contributed by atoms with Gasteiger partial charge in [-0.2, -0.15) is 0 Å². The number of nitrogens with zero attached hydrogens (tertiary/aromatic N) is 2. The first-order valence-electron chi connectivity index (χ1n) is 9.51. The summed E-state index contributed by atoms with van der Waals surface area (Å²) in [4.78, 5) is 19.9. The molecule has 2 heterocycles. The molecule has 1 saturated heterocycles. The molecule has 0 radical (unpaired) electrons. The molecule has 1 amide bonds. The first kappa shape index (κ1) is 18.0. The molecule has 2 atom stereocenters. The summed E-state index contributed by atoms with van der Waals surface area (Å²) < 4.78 is 7.12. The van der Waals surface area contributed by atoms with Gasteiger partial charge in [0, 0.05) is 6.54 Å². The Kier molecular flexibility index (Phi) is 5.12. The molecular formula is C22H24N2O2S. The Morgan fingerprint density at radius 3 is 2.89 bits per heavy atom. The fourth-order valence-electron chi connectivity index (χ4n) is 3.66. The van der Waals surface area contributed by atoms with Crippen LogP contribution in [0.25, 0.3) is 10.2 Å². The van der Waals surface area contributed by atoms with Gasteiger partial charge >= 0.3 is 0 Å². The maximum Gasteiger partial charge on any atom is 0.263 e. The van der Waals surface area contributed by atoms with Crippen molar-refractivity contribution in [2.75, 3.05) is 6.54 Å². The number of ether oxygens (including phenoxy) is 1. The normalized spacial score (nSPS) is 18.4. The molecule has 5 heteroatoms. The summed E-state index contributed by atoms with van der Waals surface area (Å²) in [6.45, 7) is 4.63. The fraction of sp³-hybridized carbons (Fsp3) is 0.364. The number of hydrogen-bond donors (Lipinski definition) is 0. The summed E-state index contributed by atoms with van der Waals surface area (Å²) in [5, 5.41) is 1.03. The number of rotatable bonds is 4. The van der Waals surface area contributed by atoms with E-state index in [1.165, 1.54) is 4.70 Å². The highest BCUT2D eigenvalue weighted by Gasteiger charge is 2.33. The Bertz CT molecular complexity index is 919. The number of aromatic nitrogens is 1. The van der Waals surface area contributed by atoms with Crippen molar-refractivity contribution >= 4 is 27.5 Å². The largest absolute Gasteiger partial charge is 0.481 e. The number of aryl methyl sites for hydroxylation is 1. The predicted octanol–water partition coefficient (Wildman–Crippen LogP) is 5.13. The summed E-state index contributed by atoms with van der Waals surface area (Å²) in [5.74, 6) is 0.782. The molecular weight excluding hydrogens is 356 g/mol. The van der Waals surface area contributed by atoms with Gasteiger partial charge in [-0.25, -0.2) is 4.98 Å². The fourth-order valence-corrected chi connectivity index (χ4v) is 4.78. The molecule has 0 bridgehead atoms. The third-order valence-corrected chi connectivity index (χ3v) is 6.17. The molecule has 0 N–H and O–H groups in total. The van der Waals surface area contributed by atoms with E-state index in [0.717, 1.165) is 47.6 Å². The number of benzene rings is 2. The summed E-state index contributed by atoms with van der Waals surface area (Å²) >= 11 is 1.70. The van der Waals surface area contributed by atoms with Gasteiger partial charge in [-0.05, 0) is 62.9 Å². The maximum absolute atomic E-state index is 13.2. The van der Waals surface area contributed by atoms with Crippen LogP contribution in [0.15, 0.2) is 48.5 Å². The smallest absolute Gasteiger partial charge is 0.263 e. The van der Waals surface area contributed by atoms with E-state index in [4.69, 9.17) is 9.72 Å². The molecule has 0 spiro atoms. The van der Waals surface area contributed by atoms with Crippen LogP contribution in [0.5, 0.6) is 5.75 Å². The number of hydrogen-bond acceptors (Lipinski definition) is 4. The first-order valence-corrected chi connectivity index (χ1v) is 10.3. The van der Waals surface area contributed by atoms with Crippen LogP contribution in [-0.2, 0) is 4.79 Å². The molecule has 0 aliphatic carbocycles. The van der Waals surface area contributed by atoms with Gasteiger partial charge in [0.15, 0.2) is 6.10 Å². The van der Waals surface area contributed by atoms with Crippen molar-refractivity contribution in [1.29, 1.82) is 0 Å². The highest BCUT2D eigenvalue weighted by molar-refractivity contribution is 7.18. The zero-order chi connectivity index (χ0) is 18.8. The van der Waals surface area contributed by atoms with Crippen molar-refractivity contribution in [3.63, 3.8) is 0 Å². The average molecular weight is 381 g/mol. The van der Waals surface area contributed by atoms with Gasteiger partial charge in [0.25, 0.3) is 5.91 Å². The number of para-hydroxylation sites is 1. The van der Waals surface area contributed by atoms with Gasteiger partial charge in [-0.15, -0.1) is 11.3 Å². The number of carbonyl (C=O) groups is 1. The average Bonchev–Trinajstić information content (AvgIpc) is 3.11. The van der Waals surface area contributed by atoms with E-state index < -0.39 is 6.10 Å². The van der Waals surface area contributed by atoms with Crippen LogP contribution < -0.4 is 4.74 Å². The zero-order valence-corrected chi connectivity index (χ0v) is 16.5. The lowest BCUT2D eigenvalue weighted by Crippen LogP contribution is -2.44. The zero-order valence-electron chi connectivity index (χ0n) is 15.7. The van der Waals surface area contributed by atoms with Gasteiger partial charge in [-0.3, -0.25) is 4.79 Å². The van der Waals surface area contributed by atoms with E-state index in [1.54, 1.807) is 11.3 Å². The summed E-state index contributed by atoms with van der Waals surface area (Å²) in [5.41, 5.74) is 2.14. The first-order chi connectivity index (χ1) is 13.1. The molecule has 4 rings (SSSR count). The number of carbonyl (C=O) groups excluding carboxylic acids is 1. The highest BCUT2D eigenvalue weighted by Crippen LogP contribution is 2.36. The maximum atomic E-state index is 13.2. The van der Waals surface area contributed by atoms with E-state index >= 15 is 0 Å². The Hall–Kier alpha value is -2.40. The van der Waals surface area contributed by atoms with Crippen LogP contribution in [0.3, 0.4) is 0 Å². The quantitative estimate of drug-likeness (QED) is 0.630. The Labute approximate surface area is 163 Å². The molecule has 1 aliphatic rings. The van der Waals surface area contributed by atoms with E-state index in [2.05, 4.69) is 6.07 Å². The Balaban J connectivity index is 1.55. The van der Waals surface area contributed by atoms with Crippen molar-refractivity contribution < 1.29 is 9.53 Å². The number of fused-ring (bicyclic) bond motifs is 1. The molecule has 140 valence electrons. The third-order valence-electron chi connectivity index (χ3n) is 5.03. The Morgan fingerprint density at radius 1 is 1.22 bits per heavy atom. The second-order valence-corrected chi connectivity index (χ2v) is 8.20. The molecule has 1 aromatic heterocycles. The van der Waals surface area contributed by atoms with Crippen molar-refractivity contribution in [2.24, 2.45) is 0 Å². The van der Waals surface area contributed by atoms with Gasteiger partial charge in [-0.1, -0.05) is 24.3 Å². The van der Waals surface area contributed by atoms with Gasteiger partial charge in [0.1, 0.15) is 10.8 Å². The van der Waals surface area contributed by atoms with Gasteiger partial charge < -0.3 is 9.64 Å². The number of thiazole rings is 1. The molecule has 2 aromatic carbocycles. The van der Waals surface area contributed by atoms with Crippen LogP contribution in [0.1, 0.15) is 42.8 Å². The number of piperidine rings is 1. The third kappa shape index (κ3) is 3.83.